The van der Waals surface area contributed by atoms with Crippen molar-refractivity contribution in [1.82, 2.24) is 0 Å². The van der Waals surface area contributed by atoms with E-state index in [1.807, 2.05) is 0 Å². The molecule has 0 saturated heterocycles. The summed E-state index contributed by atoms with van der Waals surface area (Å²) in [6.45, 7) is 0. The van der Waals surface area contributed by atoms with E-state index in [4.69, 9.17) is 0 Å². The summed E-state index contributed by atoms with van der Waals surface area (Å²) >= 11 is 0. The van der Waals surface area contributed by atoms with Gasteiger partial charge in [0.15, 0.2) is 0 Å². The fourth-order valence-corrected chi connectivity index (χ4v) is 0. The van der Waals surface area contributed by atoms with Crippen LogP contribution in [0.4, 0.5) is 0 Å². The molecule has 0 aliphatic carbocycles. The Bertz CT molecular complexity index is 7.64. The van der Waals surface area contributed by atoms with E-state index in [0.29, 0.717) is 0 Å². The molecule has 8 heavy (non-hydrogen) atoms. The normalized spacial score (nSPS) is 0. The minimum absolute atomic E-state index is 0. The van der Waals surface area contributed by atoms with E-state index in [1.54, 1.807) is 0 Å². The summed E-state index contributed by atoms with van der Waals surface area (Å²) < 4.78 is 0. The molecule has 0 aliphatic heterocycles. The summed E-state index contributed by atoms with van der Waals surface area (Å²) in [5.41, 5.74) is 0. The number of rotatable bonds is 0. The Labute approximate surface area is 265 Å². The molecule has 0 fully saturated rings. The second kappa shape index (κ2) is 44.3. The SMILES string of the molecule is [Sb].[Sb].[Sb].[Sm].[Sm].[Sm].[Sm].[Sm]. The summed E-state index contributed by atoms with van der Waals surface area (Å²) in [4.78, 5) is 0. The Morgan fingerprint density at radius 2 is 0.250 bits per heavy atom. The number of hydrogen-bond acceptors (Lipinski definition) is 0. The Kier molecular flexibility index (Phi) is 296. The van der Waals surface area contributed by atoms with Crippen molar-refractivity contribution >= 4 is 73.3 Å². The summed E-state index contributed by atoms with van der Waals surface area (Å²) in [6, 6.07) is 0. The van der Waals surface area contributed by atoms with E-state index in [-0.39, 0.29) is 275 Å². The molecule has 0 bridgehead atoms. The van der Waals surface area contributed by atoms with Crippen molar-refractivity contribution in [1.29, 1.82) is 0 Å². The van der Waals surface area contributed by atoms with Gasteiger partial charge in [0.25, 0.3) is 0 Å². The topological polar surface area (TPSA) is 0 Å². The molecular weight excluding hydrogens is 1120 g/mol. The van der Waals surface area contributed by atoms with Gasteiger partial charge in [0.1, 0.15) is 0 Å². The Balaban J connectivity index is 0. The van der Waals surface area contributed by atoms with Crippen molar-refractivity contribution in [2.24, 2.45) is 0 Å². The van der Waals surface area contributed by atoms with Crippen LogP contribution in [0.15, 0.2) is 0 Å². The van der Waals surface area contributed by atoms with Gasteiger partial charge in [0.2, 0.25) is 0 Å². The van der Waals surface area contributed by atoms with Gasteiger partial charge in [0, 0.05) is 275 Å². The van der Waals surface area contributed by atoms with Crippen LogP contribution < -0.4 is 0 Å². The summed E-state index contributed by atoms with van der Waals surface area (Å²) in [7, 11) is 0. The molecule has 0 amide bonds. The van der Waals surface area contributed by atoms with E-state index >= 15 is 0 Å². The van der Waals surface area contributed by atoms with Crippen molar-refractivity contribution < 1.29 is 202 Å². The molecule has 0 heterocycles. The summed E-state index contributed by atoms with van der Waals surface area (Å²) in [6.07, 6.45) is 0. The standard InChI is InChI=1S/3Sb.5Sm. The third-order valence-corrected chi connectivity index (χ3v) is 0. The molecule has 0 saturated carbocycles. The van der Waals surface area contributed by atoms with Gasteiger partial charge in [0.05, 0.1) is 0 Å². The van der Waals surface area contributed by atoms with E-state index in [9.17, 15) is 0 Å². The molecular formula is Sb3Sm5. The maximum atomic E-state index is 0. The van der Waals surface area contributed by atoms with Crippen LogP contribution in [0.2, 0.25) is 0 Å². The first kappa shape index (κ1) is 53.4. The fraction of sp³-hybridized carbons (Fsp3) is 0. The molecule has 0 rings (SSSR count). The second-order valence-corrected chi connectivity index (χ2v) is 0. The zero-order valence-electron chi connectivity index (χ0n) is 3.38. The zero-order valence-corrected chi connectivity index (χ0v) is 24.1. The molecule has 0 unspecified atom stereocenters. The van der Waals surface area contributed by atoms with Crippen molar-refractivity contribution in [3.8, 4) is 0 Å². The van der Waals surface area contributed by atoms with Gasteiger partial charge in [-0.25, -0.2) is 0 Å². The van der Waals surface area contributed by atoms with Gasteiger partial charge >= 0.3 is 0 Å². The predicted molar refractivity (Wildman–Crippen MR) is 17.3 cm³/mol. The third-order valence-electron chi connectivity index (χ3n) is 0. The largest absolute Gasteiger partial charge is 0 e. The van der Waals surface area contributed by atoms with Crippen LogP contribution in [0.1, 0.15) is 0 Å². The second-order valence-electron chi connectivity index (χ2n) is 0. The van der Waals surface area contributed by atoms with Crippen molar-refractivity contribution in [3.05, 3.63) is 0 Å². The minimum Gasteiger partial charge on any atom is 0 e. The maximum absolute atomic E-state index is 0. The van der Waals surface area contributed by atoms with E-state index in [1.165, 1.54) is 0 Å². The average molecular weight is 1120 g/mol. The first-order valence-corrected chi connectivity index (χ1v) is 0. The van der Waals surface area contributed by atoms with Crippen LogP contribution >= 0.6 is 0 Å². The van der Waals surface area contributed by atoms with Crippen LogP contribution in [-0.4, -0.2) is 73.3 Å². The average Bonchev–Trinajstić information content (AvgIpc) is 0. The Morgan fingerprint density at radius 3 is 0.250 bits per heavy atom. The van der Waals surface area contributed by atoms with Crippen LogP contribution in [0.3, 0.4) is 0 Å². The third kappa shape index (κ3) is 36.2. The Hall–Kier alpha value is 9.14. The molecule has 45 valence electrons. The zero-order chi connectivity index (χ0) is 0. The molecule has 0 aliphatic rings. The van der Waals surface area contributed by atoms with Gasteiger partial charge in [-0.2, -0.15) is 0 Å². The minimum atomic E-state index is 0. The van der Waals surface area contributed by atoms with Gasteiger partial charge in [-0.1, -0.05) is 0 Å². The molecule has 0 aromatic rings. The van der Waals surface area contributed by atoms with Crippen molar-refractivity contribution in [3.63, 3.8) is 0 Å². The maximum Gasteiger partial charge on any atom is 0 e. The molecule has 8 heteroatoms. The van der Waals surface area contributed by atoms with Crippen molar-refractivity contribution in [2.75, 3.05) is 0 Å². The molecule has 0 N–H and O–H groups in total. The Morgan fingerprint density at radius 1 is 0.250 bits per heavy atom. The first-order valence-electron chi connectivity index (χ1n) is 0. The van der Waals surface area contributed by atoms with Crippen LogP contribution in [0.5, 0.6) is 0 Å². The van der Waals surface area contributed by atoms with Gasteiger partial charge in [-0.3, -0.25) is 0 Å². The first-order chi connectivity index (χ1) is 0. The summed E-state index contributed by atoms with van der Waals surface area (Å²) in [5.74, 6) is 0. The van der Waals surface area contributed by atoms with Gasteiger partial charge in [-0.05, 0) is 0 Å². The summed E-state index contributed by atoms with van der Waals surface area (Å²) in [5, 5.41) is 0. The molecule has 0 spiro atoms. The van der Waals surface area contributed by atoms with E-state index in [0.717, 1.165) is 0 Å². The molecule has 0 aromatic carbocycles. The van der Waals surface area contributed by atoms with Gasteiger partial charge < -0.3 is 0 Å². The van der Waals surface area contributed by atoms with Crippen LogP contribution in [-0.2, 0) is 0 Å². The molecule has 0 atom stereocenters. The van der Waals surface area contributed by atoms with E-state index in [2.05, 4.69) is 0 Å². The molecule has 0 nitrogen and oxygen atoms in total. The van der Waals surface area contributed by atoms with Crippen LogP contribution in [0.25, 0.3) is 0 Å². The van der Waals surface area contributed by atoms with Crippen molar-refractivity contribution in [2.45, 2.75) is 0 Å². The quantitative estimate of drug-likeness (QED) is 0.270. The molecule has 9 radical (unpaired) electrons. The van der Waals surface area contributed by atoms with Gasteiger partial charge in [-0.15, -0.1) is 0 Å². The fourth-order valence-electron chi connectivity index (χ4n) is 0. The number of hydrogen-bond donors (Lipinski definition) is 0. The predicted octanol–water partition coefficient (Wildman–Crippen LogP) is -1.14. The smallest absolute Gasteiger partial charge is 0 e. The van der Waals surface area contributed by atoms with E-state index < -0.39 is 0 Å². The monoisotopic (exact) mass is 1120 g/mol. The van der Waals surface area contributed by atoms with Crippen LogP contribution in [0, 0.1) is 202 Å². The molecule has 0 aromatic heterocycles.